The molecule has 4 nitrogen and oxygen atoms in total. The molecule has 1 amide bonds. The van der Waals surface area contributed by atoms with E-state index in [1.807, 2.05) is 25.1 Å². The normalized spacial score (nSPS) is 16.8. The molecular formula is C12H17N3O. The number of hydrogen-bond donors (Lipinski definition) is 2. The molecule has 0 aliphatic carbocycles. The third-order valence-corrected chi connectivity index (χ3v) is 2.85. The summed E-state index contributed by atoms with van der Waals surface area (Å²) in [5, 5.41) is 2.86. The molecule has 0 atom stereocenters. The van der Waals surface area contributed by atoms with Crippen molar-refractivity contribution in [2.75, 3.05) is 30.3 Å². The lowest BCUT2D eigenvalue weighted by Gasteiger charge is -2.24. The molecule has 1 fully saturated rings. The summed E-state index contributed by atoms with van der Waals surface area (Å²) in [5.41, 5.74) is 8.84. The van der Waals surface area contributed by atoms with E-state index in [1.165, 1.54) is 0 Å². The lowest BCUT2D eigenvalue weighted by atomic mass is 10.1. The van der Waals surface area contributed by atoms with Crippen molar-refractivity contribution < 1.29 is 4.79 Å². The number of nitrogens with one attached hydrogen (secondary N) is 1. The molecule has 0 aromatic heterocycles. The first kappa shape index (κ1) is 10.8. The molecule has 0 bridgehead atoms. The van der Waals surface area contributed by atoms with Gasteiger partial charge in [-0.15, -0.1) is 0 Å². The molecule has 3 N–H and O–H groups in total. The average molecular weight is 219 g/mol. The van der Waals surface area contributed by atoms with Gasteiger partial charge in [0.25, 0.3) is 0 Å². The molecule has 0 saturated carbocycles. The minimum atomic E-state index is 0.0696. The monoisotopic (exact) mass is 219 g/mol. The van der Waals surface area contributed by atoms with E-state index < -0.39 is 0 Å². The lowest BCUT2D eigenvalue weighted by molar-refractivity contribution is -0.119. The SMILES string of the molecule is Cc1cccc(N)c1N1CCCNC(=O)C1. The number of anilines is 2. The summed E-state index contributed by atoms with van der Waals surface area (Å²) in [6.45, 7) is 4.04. The second-order valence-corrected chi connectivity index (χ2v) is 4.14. The van der Waals surface area contributed by atoms with Gasteiger partial charge in [0.15, 0.2) is 0 Å². The molecule has 4 heteroatoms. The first-order valence-corrected chi connectivity index (χ1v) is 5.55. The molecule has 16 heavy (non-hydrogen) atoms. The zero-order chi connectivity index (χ0) is 11.5. The Labute approximate surface area is 95.4 Å². The second kappa shape index (κ2) is 4.43. The van der Waals surface area contributed by atoms with Crippen molar-refractivity contribution in [3.63, 3.8) is 0 Å². The van der Waals surface area contributed by atoms with Crippen LogP contribution in [0.2, 0.25) is 0 Å². The Morgan fingerprint density at radius 2 is 2.25 bits per heavy atom. The highest BCUT2D eigenvalue weighted by atomic mass is 16.2. The van der Waals surface area contributed by atoms with E-state index in [-0.39, 0.29) is 5.91 Å². The Hall–Kier alpha value is -1.71. The molecule has 1 aromatic carbocycles. The van der Waals surface area contributed by atoms with E-state index in [9.17, 15) is 4.79 Å². The van der Waals surface area contributed by atoms with Gasteiger partial charge in [-0.2, -0.15) is 0 Å². The highest BCUT2D eigenvalue weighted by Crippen LogP contribution is 2.27. The van der Waals surface area contributed by atoms with Crippen molar-refractivity contribution in [2.24, 2.45) is 0 Å². The Bertz CT molecular complexity index is 383. The van der Waals surface area contributed by atoms with E-state index >= 15 is 0 Å². The summed E-state index contributed by atoms with van der Waals surface area (Å²) in [6, 6.07) is 5.84. The van der Waals surface area contributed by atoms with E-state index in [1.54, 1.807) is 0 Å². The number of nitrogen functional groups attached to an aromatic ring is 1. The number of carbonyl (C=O) groups is 1. The van der Waals surface area contributed by atoms with Crippen LogP contribution in [0.25, 0.3) is 0 Å². The predicted molar refractivity (Wildman–Crippen MR) is 65.4 cm³/mol. The van der Waals surface area contributed by atoms with Crippen LogP contribution in [0.1, 0.15) is 12.0 Å². The highest BCUT2D eigenvalue weighted by molar-refractivity contribution is 5.84. The quantitative estimate of drug-likeness (QED) is 0.690. The minimum absolute atomic E-state index is 0.0696. The topological polar surface area (TPSA) is 58.4 Å². The van der Waals surface area contributed by atoms with Crippen LogP contribution in [0.5, 0.6) is 0 Å². The Kier molecular flexibility index (Phi) is 2.99. The molecule has 1 aliphatic heterocycles. The molecule has 0 spiro atoms. The van der Waals surface area contributed by atoms with Gasteiger partial charge in [-0.25, -0.2) is 0 Å². The number of para-hydroxylation sites is 1. The maximum atomic E-state index is 11.5. The van der Waals surface area contributed by atoms with E-state index in [0.29, 0.717) is 6.54 Å². The van der Waals surface area contributed by atoms with Gasteiger partial charge in [-0.05, 0) is 25.0 Å². The van der Waals surface area contributed by atoms with E-state index in [4.69, 9.17) is 5.73 Å². The Balaban J connectivity index is 2.31. The van der Waals surface area contributed by atoms with Crippen LogP contribution in [0.3, 0.4) is 0 Å². The molecule has 1 aliphatic rings. The number of aryl methyl sites for hydroxylation is 1. The van der Waals surface area contributed by atoms with Crippen LogP contribution >= 0.6 is 0 Å². The van der Waals surface area contributed by atoms with Crippen molar-refractivity contribution in [1.82, 2.24) is 5.32 Å². The van der Waals surface area contributed by atoms with Gasteiger partial charge >= 0.3 is 0 Å². The van der Waals surface area contributed by atoms with Crippen molar-refractivity contribution in [3.8, 4) is 0 Å². The largest absolute Gasteiger partial charge is 0.397 e. The molecular weight excluding hydrogens is 202 g/mol. The summed E-state index contributed by atoms with van der Waals surface area (Å²) < 4.78 is 0. The van der Waals surface area contributed by atoms with Crippen molar-refractivity contribution in [3.05, 3.63) is 23.8 Å². The van der Waals surface area contributed by atoms with Gasteiger partial charge in [0.2, 0.25) is 5.91 Å². The van der Waals surface area contributed by atoms with Gasteiger partial charge in [0.1, 0.15) is 0 Å². The number of carbonyl (C=O) groups excluding carboxylic acids is 1. The molecule has 1 heterocycles. The van der Waals surface area contributed by atoms with Crippen LogP contribution in [0.15, 0.2) is 18.2 Å². The van der Waals surface area contributed by atoms with Gasteiger partial charge < -0.3 is 16.0 Å². The standard InChI is InChI=1S/C12H17N3O/c1-9-4-2-5-10(13)12(9)15-7-3-6-14-11(16)8-15/h2,4-5H,3,6-8,13H2,1H3,(H,14,16). The zero-order valence-electron chi connectivity index (χ0n) is 9.49. The maximum absolute atomic E-state index is 11.5. The zero-order valence-corrected chi connectivity index (χ0v) is 9.49. The van der Waals surface area contributed by atoms with Gasteiger partial charge in [-0.3, -0.25) is 4.79 Å². The van der Waals surface area contributed by atoms with Crippen molar-refractivity contribution >= 4 is 17.3 Å². The van der Waals surface area contributed by atoms with Crippen LogP contribution in [0.4, 0.5) is 11.4 Å². The summed E-state index contributed by atoms with van der Waals surface area (Å²) >= 11 is 0. The van der Waals surface area contributed by atoms with Gasteiger partial charge in [-0.1, -0.05) is 12.1 Å². The smallest absolute Gasteiger partial charge is 0.239 e. The molecule has 1 saturated heterocycles. The van der Waals surface area contributed by atoms with Crippen LogP contribution in [-0.4, -0.2) is 25.5 Å². The fourth-order valence-corrected chi connectivity index (χ4v) is 2.11. The van der Waals surface area contributed by atoms with Crippen molar-refractivity contribution in [1.29, 1.82) is 0 Å². The van der Waals surface area contributed by atoms with Crippen LogP contribution in [0, 0.1) is 6.92 Å². The summed E-state index contributed by atoms with van der Waals surface area (Å²) in [6.07, 6.45) is 0.958. The second-order valence-electron chi connectivity index (χ2n) is 4.14. The van der Waals surface area contributed by atoms with Crippen molar-refractivity contribution in [2.45, 2.75) is 13.3 Å². The van der Waals surface area contributed by atoms with Crippen LogP contribution < -0.4 is 16.0 Å². The first-order chi connectivity index (χ1) is 7.68. The molecule has 86 valence electrons. The first-order valence-electron chi connectivity index (χ1n) is 5.55. The summed E-state index contributed by atoms with van der Waals surface area (Å²) in [5.74, 6) is 0.0696. The van der Waals surface area contributed by atoms with Gasteiger partial charge in [0.05, 0.1) is 17.9 Å². The Morgan fingerprint density at radius 3 is 3.00 bits per heavy atom. The predicted octanol–water partition coefficient (Wildman–Crippen LogP) is 0.904. The van der Waals surface area contributed by atoms with Gasteiger partial charge in [0, 0.05) is 13.1 Å². The number of nitrogens with two attached hydrogens (primary N) is 1. The third-order valence-electron chi connectivity index (χ3n) is 2.85. The minimum Gasteiger partial charge on any atom is -0.397 e. The lowest BCUT2D eigenvalue weighted by Crippen LogP contribution is -2.33. The number of rotatable bonds is 1. The molecule has 2 rings (SSSR count). The van der Waals surface area contributed by atoms with E-state index in [0.717, 1.165) is 36.4 Å². The molecule has 0 unspecified atom stereocenters. The Morgan fingerprint density at radius 1 is 1.44 bits per heavy atom. The number of benzene rings is 1. The fourth-order valence-electron chi connectivity index (χ4n) is 2.11. The molecule has 1 aromatic rings. The number of hydrogen-bond acceptors (Lipinski definition) is 3. The maximum Gasteiger partial charge on any atom is 0.239 e. The number of nitrogens with zero attached hydrogens (tertiary/aromatic N) is 1. The fraction of sp³-hybridized carbons (Fsp3) is 0.417. The van der Waals surface area contributed by atoms with Crippen LogP contribution in [-0.2, 0) is 4.79 Å². The van der Waals surface area contributed by atoms with E-state index in [2.05, 4.69) is 10.2 Å². The average Bonchev–Trinajstić information content (AvgIpc) is 2.43. The number of amides is 1. The summed E-state index contributed by atoms with van der Waals surface area (Å²) in [4.78, 5) is 13.6. The highest BCUT2D eigenvalue weighted by Gasteiger charge is 2.18. The third kappa shape index (κ3) is 2.10. The molecule has 0 radical (unpaired) electrons. The summed E-state index contributed by atoms with van der Waals surface area (Å²) in [7, 11) is 0.